The van der Waals surface area contributed by atoms with Gasteiger partial charge in [0.05, 0.1) is 19.3 Å². The standard InChI is InChI=1S/C11H12N2O4S2/c1-2-5-16-11-4-3-10(6-12-11)19(14,15)13-7-9(18)8-17-13/h3-4,6,9,18H,7-8H2,1H3. The minimum absolute atomic E-state index is 0.0340. The molecule has 1 aromatic heterocycles. The maximum Gasteiger partial charge on any atom is 0.266 e. The molecule has 19 heavy (non-hydrogen) atoms. The van der Waals surface area contributed by atoms with E-state index in [-0.39, 0.29) is 29.2 Å². The van der Waals surface area contributed by atoms with Gasteiger partial charge in [-0.3, -0.25) is 4.84 Å². The summed E-state index contributed by atoms with van der Waals surface area (Å²) in [4.78, 5) is 8.97. The fourth-order valence-electron chi connectivity index (χ4n) is 1.41. The molecule has 1 unspecified atom stereocenters. The molecule has 1 aromatic rings. The molecular formula is C11H12N2O4S2. The van der Waals surface area contributed by atoms with E-state index < -0.39 is 10.0 Å². The maximum absolute atomic E-state index is 12.2. The van der Waals surface area contributed by atoms with Gasteiger partial charge in [-0.2, -0.15) is 12.6 Å². The van der Waals surface area contributed by atoms with Crippen LogP contribution in [0.5, 0.6) is 5.88 Å². The van der Waals surface area contributed by atoms with Crippen LogP contribution in [0.4, 0.5) is 0 Å². The molecule has 0 bridgehead atoms. The summed E-state index contributed by atoms with van der Waals surface area (Å²) >= 11 is 4.17. The zero-order valence-electron chi connectivity index (χ0n) is 10.1. The summed E-state index contributed by atoms with van der Waals surface area (Å²) in [5, 5.41) is -0.120. The van der Waals surface area contributed by atoms with Gasteiger partial charge in [0.25, 0.3) is 10.0 Å². The number of rotatable bonds is 3. The molecule has 0 aliphatic carbocycles. The van der Waals surface area contributed by atoms with Crippen LogP contribution in [0.1, 0.15) is 6.92 Å². The molecule has 0 N–H and O–H groups in total. The minimum atomic E-state index is -3.70. The van der Waals surface area contributed by atoms with Gasteiger partial charge in [0.2, 0.25) is 5.88 Å². The molecule has 0 amide bonds. The summed E-state index contributed by atoms with van der Waals surface area (Å²) < 4.78 is 30.2. The van der Waals surface area contributed by atoms with Crippen molar-refractivity contribution in [3.05, 3.63) is 18.3 Å². The van der Waals surface area contributed by atoms with Gasteiger partial charge in [-0.05, 0) is 6.07 Å². The largest absolute Gasteiger partial charge is 0.388 e. The van der Waals surface area contributed by atoms with Gasteiger partial charge in [0.15, 0.2) is 0 Å². The molecule has 0 aromatic carbocycles. The van der Waals surface area contributed by atoms with E-state index in [0.717, 1.165) is 4.47 Å². The number of nitrogens with zero attached hydrogens (tertiary/aromatic N) is 2. The Morgan fingerprint density at radius 1 is 1.58 bits per heavy atom. The van der Waals surface area contributed by atoms with E-state index >= 15 is 0 Å². The lowest BCUT2D eigenvalue weighted by atomic mass is 10.5. The third kappa shape index (κ3) is 3.19. The highest BCUT2D eigenvalue weighted by Crippen LogP contribution is 2.22. The van der Waals surface area contributed by atoms with Crippen molar-refractivity contribution in [1.82, 2.24) is 9.45 Å². The number of pyridine rings is 1. The molecule has 2 rings (SSSR count). The van der Waals surface area contributed by atoms with E-state index in [1.807, 2.05) is 0 Å². The second-order valence-electron chi connectivity index (χ2n) is 3.73. The highest BCUT2D eigenvalue weighted by Gasteiger charge is 2.32. The molecule has 6 nitrogen and oxygen atoms in total. The molecule has 102 valence electrons. The molecule has 1 aliphatic rings. The number of thiol groups is 1. The van der Waals surface area contributed by atoms with Gasteiger partial charge in [0, 0.05) is 18.2 Å². The number of hydroxylamine groups is 1. The Kier molecular flexibility index (Phi) is 4.31. The van der Waals surface area contributed by atoms with Crippen LogP contribution in [-0.2, 0) is 14.9 Å². The van der Waals surface area contributed by atoms with Gasteiger partial charge in [0.1, 0.15) is 11.0 Å². The predicted molar refractivity (Wildman–Crippen MR) is 70.9 cm³/mol. The average molecular weight is 300 g/mol. The van der Waals surface area contributed by atoms with Crippen molar-refractivity contribution < 1.29 is 18.0 Å². The van der Waals surface area contributed by atoms with Crippen molar-refractivity contribution in [1.29, 1.82) is 0 Å². The second-order valence-corrected chi connectivity index (χ2v) is 6.29. The van der Waals surface area contributed by atoms with Crippen molar-refractivity contribution in [3.8, 4) is 17.9 Å². The van der Waals surface area contributed by atoms with Crippen molar-refractivity contribution in [2.75, 3.05) is 13.2 Å². The van der Waals surface area contributed by atoms with Gasteiger partial charge < -0.3 is 4.74 Å². The van der Waals surface area contributed by atoms with E-state index in [4.69, 9.17) is 9.57 Å². The van der Waals surface area contributed by atoms with Crippen molar-refractivity contribution in [2.45, 2.75) is 17.1 Å². The number of ether oxygens (including phenoxy) is 1. The first-order chi connectivity index (χ1) is 9.04. The van der Waals surface area contributed by atoms with E-state index in [9.17, 15) is 8.42 Å². The number of hydrogen-bond donors (Lipinski definition) is 1. The van der Waals surface area contributed by atoms with Crippen LogP contribution in [-0.4, -0.2) is 36.3 Å². The van der Waals surface area contributed by atoms with E-state index in [2.05, 4.69) is 29.6 Å². The Bertz CT molecular complexity index is 604. The summed E-state index contributed by atoms with van der Waals surface area (Å²) in [6.45, 7) is 2.10. The normalized spacial score (nSPS) is 19.8. The lowest BCUT2D eigenvalue weighted by Gasteiger charge is -2.13. The monoisotopic (exact) mass is 300 g/mol. The highest BCUT2D eigenvalue weighted by atomic mass is 32.2. The zero-order chi connectivity index (χ0) is 13.9. The van der Waals surface area contributed by atoms with Gasteiger partial charge in [-0.25, -0.2) is 13.4 Å². The summed E-state index contributed by atoms with van der Waals surface area (Å²) in [5.74, 6) is 2.78. The van der Waals surface area contributed by atoms with Crippen LogP contribution in [0, 0.1) is 12.0 Å². The molecule has 0 saturated carbocycles. The first kappa shape index (κ1) is 14.1. The first-order valence-electron chi connectivity index (χ1n) is 5.42. The Morgan fingerprint density at radius 2 is 2.37 bits per heavy atom. The Hall–Kier alpha value is -1.27. The van der Waals surface area contributed by atoms with Crippen LogP contribution < -0.4 is 4.74 Å². The lowest BCUT2D eigenvalue weighted by molar-refractivity contribution is -0.0283. The predicted octanol–water partition coefficient (Wildman–Crippen LogP) is 0.676. The topological polar surface area (TPSA) is 68.7 Å². The highest BCUT2D eigenvalue weighted by molar-refractivity contribution is 7.89. The summed E-state index contributed by atoms with van der Waals surface area (Å²) in [6, 6.07) is 2.83. The Morgan fingerprint density at radius 3 is 2.89 bits per heavy atom. The van der Waals surface area contributed by atoms with Gasteiger partial charge >= 0.3 is 0 Å². The average Bonchev–Trinajstić information content (AvgIpc) is 2.84. The van der Waals surface area contributed by atoms with Crippen LogP contribution in [0.2, 0.25) is 0 Å². The van der Waals surface area contributed by atoms with Gasteiger partial charge in [-0.1, -0.05) is 10.4 Å². The summed E-state index contributed by atoms with van der Waals surface area (Å²) in [6.07, 6.45) is 3.58. The molecule has 1 saturated heterocycles. The second kappa shape index (κ2) is 5.79. The number of aromatic nitrogens is 1. The van der Waals surface area contributed by atoms with E-state index in [1.54, 1.807) is 6.92 Å². The van der Waals surface area contributed by atoms with Crippen LogP contribution in [0.15, 0.2) is 23.2 Å². The van der Waals surface area contributed by atoms with Gasteiger partial charge in [-0.15, -0.1) is 0 Å². The smallest absolute Gasteiger partial charge is 0.266 e. The Labute approximate surface area is 117 Å². The summed E-state index contributed by atoms with van der Waals surface area (Å²) in [7, 11) is -3.70. The maximum atomic E-state index is 12.2. The molecule has 2 heterocycles. The van der Waals surface area contributed by atoms with E-state index in [1.165, 1.54) is 18.3 Å². The van der Waals surface area contributed by atoms with Crippen LogP contribution in [0.25, 0.3) is 0 Å². The molecule has 0 radical (unpaired) electrons. The summed E-state index contributed by atoms with van der Waals surface area (Å²) in [5.41, 5.74) is 0. The number of hydrogen-bond acceptors (Lipinski definition) is 6. The first-order valence-corrected chi connectivity index (χ1v) is 7.38. The molecule has 1 fully saturated rings. The molecule has 0 spiro atoms. The zero-order valence-corrected chi connectivity index (χ0v) is 11.8. The number of sulfonamides is 1. The van der Waals surface area contributed by atoms with Crippen molar-refractivity contribution in [3.63, 3.8) is 0 Å². The third-order valence-electron chi connectivity index (χ3n) is 2.30. The SMILES string of the molecule is CC#COc1ccc(S(=O)(=O)N2CC(S)CO2)cn1. The lowest BCUT2D eigenvalue weighted by Crippen LogP contribution is -2.28. The molecular weight excluding hydrogens is 288 g/mol. The quantitative estimate of drug-likeness (QED) is 0.656. The molecule has 1 atom stereocenters. The van der Waals surface area contributed by atoms with Crippen LogP contribution >= 0.6 is 12.6 Å². The van der Waals surface area contributed by atoms with E-state index in [0.29, 0.717) is 0 Å². The third-order valence-corrected chi connectivity index (χ3v) is 4.24. The minimum Gasteiger partial charge on any atom is -0.388 e. The van der Waals surface area contributed by atoms with Crippen molar-refractivity contribution in [2.24, 2.45) is 0 Å². The van der Waals surface area contributed by atoms with Crippen molar-refractivity contribution >= 4 is 22.7 Å². The molecule has 1 aliphatic heterocycles. The fourth-order valence-corrected chi connectivity index (χ4v) is 2.98. The molecule has 8 heteroatoms. The Balaban J connectivity index is 2.18. The fraction of sp³-hybridized carbons (Fsp3) is 0.364. The van der Waals surface area contributed by atoms with Crippen LogP contribution in [0.3, 0.4) is 0 Å².